The molecule has 1 aromatic rings. The number of carbonyl (C=O) groups is 1. The number of aromatic nitrogens is 1. The van der Waals surface area contributed by atoms with E-state index < -0.39 is 59.4 Å². The molecule has 0 saturated carbocycles. The number of hydrogen-bond acceptors (Lipinski definition) is 6. The van der Waals surface area contributed by atoms with Crippen LogP contribution in [0.1, 0.15) is 26.0 Å². The Balaban J connectivity index is 1.64. The monoisotopic (exact) mass is 425 g/mol. The van der Waals surface area contributed by atoms with Crippen molar-refractivity contribution >= 4 is 17.8 Å². The molecule has 0 spiro atoms. The number of rotatable bonds is 3. The molecule has 0 aromatic carbocycles. The minimum atomic E-state index is -4.64. The van der Waals surface area contributed by atoms with Gasteiger partial charge < -0.3 is 20.3 Å². The summed E-state index contributed by atoms with van der Waals surface area (Å²) in [6.45, 7) is 3.74. The van der Waals surface area contributed by atoms with Crippen molar-refractivity contribution in [2.75, 3.05) is 5.32 Å². The summed E-state index contributed by atoms with van der Waals surface area (Å²) in [4.78, 5) is 20.7. The summed E-state index contributed by atoms with van der Waals surface area (Å²) in [6, 6.07) is 2.02. The molecule has 4 heterocycles. The number of pyridine rings is 1. The predicted octanol–water partition coefficient (Wildman–Crippen LogP) is 2.16. The Kier molecular flexibility index (Phi) is 4.99. The molecule has 4 rings (SSSR count). The van der Waals surface area contributed by atoms with E-state index in [0.717, 1.165) is 18.0 Å². The molecule has 10 heteroatoms. The van der Waals surface area contributed by atoms with Crippen molar-refractivity contribution in [1.29, 1.82) is 0 Å². The smallest absolute Gasteiger partial charge is 0.388 e. The maximum atomic E-state index is 13.2. The number of alkyl halides is 3. The van der Waals surface area contributed by atoms with Crippen molar-refractivity contribution in [3.8, 4) is 0 Å². The Morgan fingerprint density at radius 2 is 2.00 bits per heavy atom. The molecular weight excluding hydrogens is 403 g/mol. The van der Waals surface area contributed by atoms with Crippen LogP contribution in [0.5, 0.6) is 0 Å². The number of hydrogen-bond donors (Lipinski definition) is 3. The van der Waals surface area contributed by atoms with Crippen molar-refractivity contribution in [2.24, 2.45) is 22.2 Å². The van der Waals surface area contributed by atoms with E-state index in [2.05, 4.69) is 15.3 Å². The first-order valence-electron chi connectivity index (χ1n) is 9.59. The molecule has 1 unspecified atom stereocenters. The van der Waals surface area contributed by atoms with Crippen LogP contribution in [0.2, 0.25) is 0 Å². The molecule has 3 N–H and O–H groups in total. The predicted molar refractivity (Wildman–Crippen MR) is 100 cm³/mol. The Labute approximate surface area is 170 Å². The number of allylic oxidation sites excluding steroid dienone is 2. The molecule has 3 aliphatic rings. The number of aliphatic hydroxyl groups excluding tert-OH is 2. The fourth-order valence-electron chi connectivity index (χ4n) is 4.91. The molecule has 162 valence electrons. The zero-order valence-corrected chi connectivity index (χ0v) is 16.3. The first-order valence-corrected chi connectivity index (χ1v) is 9.59. The summed E-state index contributed by atoms with van der Waals surface area (Å²) in [5.41, 5.74) is -1.000. The Bertz CT molecular complexity index is 919. The zero-order valence-electron chi connectivity index (χ0n) is 16.3. The first-order chi connectivity index (χ1) is 14.0. The van der Waals surface area contributed by atoms with Gasteiger partial charge in [0.1, 0.15) is 17.9 Å². The number of halogens is 3. The number of aliphatic imine (C=N–C) groups is 1. The van der Waals surface area contributed by atoms with Gasteiger partial charge in [-0.2, -0.15) is 13.2 Å². The van der Waals surface area contributed by atoms with E-state index in [-0.39, 0.29) is 5.69 Å². The summed E-state index contributed by atoms with van der Waals surface area (Å²) in [5, 5.41) is 23.2. The zero-order chi connectivity index (χ0) is 21.8. The normalized spacial score (nSPS) is 37.9. The minimum Gasteiger partial charge on any atom is -0.388 e. The van der Waals surface area contributed by atoms with Crippen LogP contribution < -0.4 is 5.32 Å². The van der Waals surface area contributed by atoms with Crippen LogP contribution >= 0.6 is 0 Å². The molecular formula is C20H22F3N3O4. The van der Waals surface area contributed by atoms with E-state index >= 15 is 0 Å². The van der Waals surface area contributed by atoms with E-state index in [1.54, 1.807) is 6.21 Å². The van der Waals surface area contributed by atoms with Gasteiger partial charge in [-0.1, -0.05) is 13.0 Å². The topological polar surface area (TPSA) is 104 Å². The van der Waals surface area contributed by atoms with Crippen LogP contribution in [0.3, 0.4) is 0 Å². The number of carbonyl (C=O) groups excluding carboxylic acids is 1. The van der Waals surface area contributed by atoms with Crippen LogP contribution in [0, 0.1) is 17.3 Å². The highest BCUT2D eigenvalue weighted by Gasteiger charge is 2.65. The van der Waals surface area contributed by atoms with Crippen LogP contribution in [-0.4, -0.2) is 51.7 Å². The molecule has 2 fully saturated rings. The summed E-state index contributed by atoms with van der Waals surface area (Å²) >= 11 is 0. The van der Waals surface area contributed by atoms with E-state index in [1.165, 1.54) is 6.07 Å². The SMILES string of the molecule is CC1=CC(C)([C@H]2[C@H]3O[C@H]([C@H](O)[C@@H]3O)[C@@H]2C(=O)Nc2ccnc(C(F)(F)F)c2)CC=N1. The molecule has 7 atom stereocenters. The quantitative estimate of drug-likeness (QED) is 0.689. The lowest BCUT2D eigenvalue weighted by Crippen LogP contribution is -2.55. The molecule has 1 amide bonds. The second-order valence-electron chi connectivity index (χ2n) is 8.32. The van der Waals surface area contributed by atoms with Crippen LogP contribution in [0.15, 0.2) is 35.1 Å². The Morgan fingerprint density at radius 1 is 1.30 bits per heavy atom. The van der Waals surface area contributed by atoms with Gasteiger partial charge in [-0.25, -0.2) is 0 Å². The van der Waals surface area contributed by atoms with Crippen molar-refractivity contribution in [1.82, 2.24) is 4.98 Å². The van der Waals surface area contributed by atoms with E-state index in [0.29, 0.717) is 6.42 Å². The lowest BCUT2D eigenvalue weighted by molar-refractivity contribution is -0.141. The van der Waals surface area contributed by atoms with Gasteiger partial charge in [0.15, 0.2) is 0 Å². The Morgan fingerprint density at radius 3 is 2.67 bits per heavy atom. The molecule has 0 radical (unpaired) electrons. The highest BCUT2D eigenvalue weighted by atomic mass is 19.4. The van der Waals surface area contributed by atoms with Crippen LogP contribution in [0.4, 0.5) is 18.9 Å². The third-order valence-corrected chi connectivity index (χ3v) is 6.18. The number of aliphatic hydroxyl groups is 2. The summed E-state index contributed by atoms with van der Waals surface area (Å²) in [5.74, 6) is -1.93. The molecule has 7 nitrogen and oxygen atoms in total. The molecule has 2 saturated heterocycles. The fourth-order valence-corrected chi connectivity index (χ4v) is 4.91. The lowest BCUT2D eigenvalue weighted by atomic mass is 9.61. The number of fused-ring (bicyclic) bond motifs is 2. The molecule has 30 heavy (non-hydrogen) atoms. The highest BCUT2D eigenvalue weighted by molar-refractivity contribution is 5.94. The number of nitrogens with one attached hydrogen (secondary N) is 1. The molecule has 2 bridgehead atoms. The van der Waals surface area contributed by atoms with Gasteiger partial charge in [-0.15, -0.1) is 0 Å². The second kappa shape index (κ2) is 7.14. The van der Waals surface area contributed by atoms with Crippen molar-refractivity contribution < 1.29 is 32.9 Å². The average Bonchev–Trinajstić information content (AvgIpc) is 3.19. The number of amides is 1. The van der Waals surface area contributed by atoms with Crippen molar-refractivity contribution in [3.63, 3.8) is 0 Å². The molecule has 0 aliphatic carbocycles. The minimum absolute atomic E-state index is 0.0547. The van der Waals surface area contributed by atoms with Gasteiger partial charge in [-0.3, -0.25) is 14.8 Å². The summed E-state index contributed by atoms with van der Waals surface area (Å²) < 4.78 is 44.6. The van der Waals surface area contributed by atoms with Gasteiger partial charge in [0.25, 0.3) is 0 Å². The second-order valence-corrected chi connectivity index (χ2v) is 8.32. The van der Waals surface area contributed by atoms with Gasteiger partial charge in [0, 0.05) is 29.7 Å². The summed E-state index contributed by atoms with van der Waals surface area (Å²) in [7, 11) is 0. The Hall–Kier alpha value is -2.30. The third kappa shape index (κ3) is 3.42. The number of nitrogens with zero attached hydrogens (tertiary/aromatic N) is 2. The maximum absolute atomic E-state index is 13.2. The molecule has 3 aliphatic heterocycles. The summed E-state index contributed by atoms with van der Waals surface area (Å²) in [6.07, 6.45) is -3.66. The van der Waals surface area contributed by atoms with Gasteiger partial charge in [-0.05, 0) is 30.9 Å². The van der Waals surface area contributed by atoms with Crippen molar-refractivity contribution in [3.05, 3.63) is 35.8 Å². The van der Waals surface area contributed by atoms with E-state index in [9.17, 15) is 28.2 Å². The highest BCUT2D eigenvalue weighted by Crippen LogP contribution is 2.54. The maximum Gasteiger partial charge on any atom is 0.433 e. The van der Waals surface area contributed by atoms with Gasteiger partial charge >= 0.3 is 6.18 Å². The molecule has 1 aromatic heterocycles. The van der Waals surface area contributed by atoms with Gasteiger partial charge in [0.05, 0.1) is 18.1 Å². The van der Waals surface area contributed by atoms with E-state index in [4.69, 9.17) is 4.74 Å². The number of anilines is 1. The fraction of sp³-hybridized carbons (Fsp3) is 0.550. The van der Waals surface area contributed by atoms with Crippen LogP contribution in [-0.2, 0) is 15.7 Å². The first kappa shape index (κ1) is 21.0. The largest absolute Gasteiger partial charge is 0.433 e. The van der Waals surface area contributed by atoms with E-state index in [1.807, 2.05) is 19.9 Å². The van der Waals surface area contributed by atoms with Crippen LogP contribution in [0.25, 0.3) is 0 Å². The third-order valence-electron chi connectivity index (χ3n) is 6.18. The van der Waals surface area contributed by atoms with Crippen molar-refractivity contribution in [2.45, 2.75) is 50.9 Å². The average molecular weight is 425 g/mol. The van der Waals surface area contributed by atoms with Gasteiger partial charge in [0.2, 0.25) is 5.91 Å². The standard InChI is InChI=1S/C20H22F3N3O4/c1-9-8-19(2,4-6-24-9)13-12(16-14(27)15(28)17(13)30-16)18(29)26-10-3-5-25-11(7-10)20(21,22)23/h3,5-8,12-17,27-28H,4H2,1-2H3,(H,25,26,29)/t12-,13-,14-,15+,16+,17-,19?/m1/s1. The number of ether oxygens (including phenoxy) is 1. The lowest BCUT2D eigenvalue weighted by Gasteiger charge is -2.43.